The van der Waals surface area contributed by atoms with E-state index in [9.17, 15) is 4.79 Å². The number of anilines is 1. The average molecular weight is 217 g/mol. The van der Waals surface area contributed by atoms with Crippen molar-refractivity contribution in [3.8, 4) is 12.3 Å². The lowest BCUT2D eigenvalue weighted by atomic mass is 10.2. The number of terminal acetylenes is 1. The molecule has 0 spiro atoms. The lowest BCUT2D eigenvalue weighted by Crippen LogP contribution is -2.21. The molecular formula is C12H15N3O. The SMILES string of the molecule is C#CCCNc1ccc(C(=O)N(C)C)cn1. The maximum Gasteiger partial charge on any atom is 0.254 e. The molecule has 1 N–H and O–H groups in total. The summed E-state index contributed by atoms with van der Waals surface area (Å²) in [7, 11) is 3.42. The van der Waals surface area contributed by atoms with Gasteiger partial charge in [0, 0.05) is 33.3 Å². The van der Waals surface area contributed by atoms with Gasteiger partial charge in [0.15, 0.2) is 0 Å². The van der Waals surface area contributed by atoms with Crippen molar-refractivity contribution in [1.82, 2.24) is 9.88 Å². The normalized spacial score (nSPS) is 9.31. The third kappa shape index (κ3) is 3.28. The second-order valence-corrected chi connectivity index (χ2v) is 3.51. The first-order valence-electron chi connectivity index (χ1n) is 5.00. The van der Waals surface area contributed by atoms with Gasteiger partial charge in [-0.2, -0.15) is 0 Å². The molecule has 0 bridgehead atoms. The molecule has 1 amide bonds. The highest BCUT2D eigenvalue weighted by Gasteiger charge is 2.07. The smallest absolute Gasteiger partial charge is 0.254 e. The van der Waals surface area contributed by atoms with Crippen molar-refractivity contribution in [2.75, 3.05) is 26.0 Å². The van der Waals surface area contributed by atoms with E-state index >= 15 is 0 Å². The van der Waals surface area contributed by atoms with Gasteiger partial charge in [0.2, 0.25) is 0 Å². The number of hydrogen-bond donors (Lipinski definition) is 1. The van der Waals surface area contributed by atoms with Crippen molar-refractivity contribution in [2.24, 2.45) is 0 Å². The predicted molar refractivity (Wildman–Crippen MR) is 64.2 cm³/mol. The van der Waals surface area contributed by atoms with Gasteiger partial charge in [0.1, 0.15) is 5.82 Å². The Kier molecular flexibility index (Phi) is 4.34. The van der Waals surface area contributed by atoms with Crippen LogP contribution in [0.25, 0.3) is 0 Å². The van der Waals surface area contributed by atoms with Gasteiger partial charge in [-0.25, -0.2) is 4.98 Å². The van der Waals surface area contributed by atoms with Crippen LogP contribution in [0.15, 0.2) is 18.3 Å². The summed E-state index contributed by atoms with van der Waals surface area (Å²) >= 11 is 0. The first-order chi connectivity index (χ1) is 7.65. The molecule has 4 nitrogen and oxygen atoms in total. The minimum Gasteiger partial charge on any atom is -0.369 e. The van der Waals surface area contributed by atoms with E-state index in [1.165, 1.54) is 4.90 Å². The molecule has 1 aromatic rings. The van der Waals surface area contributed by atoms with E-state index in [1.807, 2.05) is 0 Å². The lowest BCUT2D eigenvalue weighted by molar-refractivity contribution is 0.0827. The molecule has 1 aromatic heterocycles. The Balaban J connectivity index is 2.61. The molecule has 0 atom stereocenters. The van der Waals surface area contributed by atoms with Crippen molar-refractivity contribution in [3.63, 3.8) is 0 Å². The van der Waals surface area contributed by atoms with Crippen LogP contribution in [0.3, 0.4) is 0 Å². The zero-order chi connectivity index (χ0) is 12.0. The van der Waals surface area contributed by atoms with Gasteiger partial charge in [-0.3, -0.25) is 4.79 Å². The zero-order valence-corrected chi connectivity index (χ0v) is 9.53. The number of rotatable bonds is 4. The molecule has 16 heavy (non-hydrogen) atoms. The standard InChI is InChI=1S/C12H15N3O/c1-4-5-8-13-11-7-6-10(9-14-11)12(16)15(2)3/h1,6-7,9H,5,8H2,2-3H3,(H,13,14). The van der Waals surface area contributed by atoms with Gasteiger partial charge in [0.25, 0.3) is 5.91 Å². The Hall–Kier alpha value is -2.02. The molecule has 0 aromatic carbocycles. The highest BCUT2D eigenvalue weighted by Crippen LogP contribution is 2.06. The summed E-state index contributed by atoms with van der Waals surface area (Å²) in [5.74, 6) is 3.21. The predicted octanol–water partition coefficient (Wildman–Crippen LogP) is 1.22. The first kappa shape index (κ1) is 12.1. The van der Waals surface area contributed by atoms with Crippen molar-refractivity contribution in [2.45, 2.75) is 6.42 Å². The van der Waals surface area contributed by atoms with Gasteiger partial charge in [-0.1, -0.05) is 0 Å². The van der Waals surface area contributed by atoms with Crippen LogP contribution < -0.4 is 5.32 Å². The molecule has 0 fully saturated rings. The minimum absolute atomic E-state index is 0.0531. The number of nitrogens with zero attached hydrogens (tertiary/aromatic N) is 2. The Morgan fingerprint density at radius 2 is 2.31 bits per heavy atom. The maximum absolute atomic E-state index is 11.6. The molecule has 0 radical (unpaired) electrons. The molecule has 4 heteroatoms. The highest BCUT2D eigenvalue weighted by molar-refractivity contribution is 5.93. The molecule has 1 heterocycles. The van der Waals surface area contributed by atoms with Crippen LogP contribution in [0.2, 0.25) is 0 Å². The summed E-state index contributed by atoms with van der Waals surface area (Å²) in [6.07, 6.45) is 7.34. The molecule has 0 saturated carbocycles. The maximum atomic E-state index is 11.6. The van der Waals surface area contributed by atoms with E-state index in [0.717, 1.165) is 5.82 Å². The summed E-state index contributed by atoms with van der Waals surface area (Å²) in [5, 5.41) is 3.06. The second-order valence-electron chi connectivity index (χ2n) is 3.51. The topological polar surface area (TPSA) is 45.2 Å². The summed E-state index contributed by atoms with van der Waals surface area (Å²) in [6, 6.07) is 3.51. The number of carbonyl (C=O) groups is 1. The molecule has 84 valence electrons. The Labute approximate surface area is 95.7 Å². The fraction of sp³-hybridized carbons (Fsp3) is 0.333. The van der Waals surface area contributed by atoms with Gasteiger partial charge in [-0.15, -0.1) is 12.3 Å². The summed E-state index contributed by atoms with van der Waals surface area (Å²) in [6.45, 7) is 0.685. The van der Waals surface area contributed by atoms with Crippen LogP contribution in [0.4, 0.5) is 5.82 Å². The molecule has 0 saturated heterocycles. The highest BCUT2D eigenvalue weighted by atomic mass is 16.2. The third-order valence-corrected chi connectivity index (χ3v) is 1.99. The van der Waals surface area contributed by atoms with Crippen molar-refractivity contribution in [3.05, 3.63) is 23.9 Å². The van der Waals surface area contributed by atoms with Gasteiger partial charge < -0.3 is 10.2 Å². The summed E-state index contributed by atoms with van der Waals surface area (Å²) in [5.41, 5.74) is 0.576. The van der Waals surface area contributed by atoms with Crippen LogP contribution in [-0.2, 0) is 0 Å². The van der Waals surface area contributed by atoms with Gasteiger partial charge >= 0.3 is 0 Å². The molecule has 0 unspecified atom stereocenters. The molecule has 0 aliphatic heterocycles. The molecule has 0 aliphatic carbocycles. The number of aromatic nitrogens is 1. The first-order valence-corrected chi connectivity index (χ1v) is 5.00. The van der Waals surface area contributed by atoms with Crippen molar-refractivity contribution in [1.29, 1.82) is 0 Å². The van der Waals surface area contributed by atoms with E-state index in [1.54, 1.807) is 32.4 Å². The fourth-order valence-electron chi connectivity index (χ4n) is 1.15. The van der Waals surface area contributed by atoms with E-state index in [2.05, 4.69) is 16.2 Å². The van der Waals surface area contributed by atoms with Gasteiger partial charge in [0.05, 0.1) is 5.56 Å². The molecule has 1 rings (SSSR count). The van der Waals surface area contributed by atoms with Crippen molar-refractivity contribution >= 4 is 11.7 Å². The van der Waals surface area contributed by atoms with Crippen LogP contribution in [0.5, 0.6) is 0 Å². The van der Waals surface area contributed by atoms with E-state index in [-0.39, 0.29) is 5.91 Å². The van der Waals surface area contributed by atoms with Crippen LogP contribution in [0.1, 0.15) is 16.8 Å². The Morgan fingerprint density at radius 1 is 1.56 bits per heavy atom. The monoisotopic (exact) mass is 217 g/mol. The van der Waals surface area contributed by atoms with Crippen LogP contribution in [-0.4, -0.2) is 36.4 Å². The quantitative estimate of drug-likeness (QED) is 0.609. The fourth-order valence-corrected chi connectivity index (χ4v) is 1.15. The number of hydrogen-bond acceptors (Lipinski definition) is 3. The summed E-state index contributed by atoms with van der Waals surface area (Å²) in [4.78, 5) is 17.2. The van der Waals surface area contributed by atoms with Crippen LogP contribution in [0, 0.1) is 12.3 Å². The van der Waals surface area contributed by atoms with Gasteiger partial charge in [-0.05, 0) is 12.1 Å². The second kappa shape index (κ2) is 5.76. The van der Waals surface area contributed by atoms with E-state index < -0.39 is 0 Å². The third-order valence-electron chi connectivity index (χ3n) is 1.99. The number of carbonyl (C=O) groups excluding carboxylic acids is 1. The largest absolute Gasteiger partial charge is 0.369 e. The average Bonchev–Trinajstić information content (AvgIpc) is 2.29. The van der Waals surface area contributed by atoms with Crippen molar-refractivity contribution < 1.29 is 4.79 Å². The Bertz CT molecular complexity index is 390. The lowest BCUT2D eigenvalue weighted by Gasteiger charge is -2.10. The molecule has 0 aliphatic rings. The summed E-state index contributed by atoms with van der Waals surface area (Å²) < 4.78 is 0. The number of amides is 1. The molecular weight excluding hydrogens is 202 g/mol. The van der Waals surface area contributed by atoms with E-state index in [4.69, 9.17) is 6.42 Å². The number of nitrogens with one attached hydrogen (secondary N) is 1. The number of pyridine rings is 1. The zero-order valence-electron chi connectivity index (χ0n) is 9.53. The Morgan fingerprint density at radius 3 is 2.81 bits per heavy atom. The van der Waals surface area contributed by atoms with E-state index in [0.29, 0.717) is 18.5 Å². The minimum atomic E-state index is -0.0531. The van der Waals surface area contributed by atoms with Crippen LogP contribution >= 0.6 is 0 Å².